The van der Waals surface area contributed by atoms with Crippen molar-refractivity contribution in [3.05, 3.63) is 95.7 Å². The molecule has 0 aliphatic heterocycles. The molecule has 0 heterocycles. The fourth-order valence-electron chi connectivity index (χ4n) is 3.00. The van der Waals surface area contributed by atoms with Crippen LogP contribution in [0.1, 0.15) is 11.1 Å². The van der Waals surface area contributed by atoms with Gasteiger partial charge in [-0.05, 0) is 58.6 Å². The lowest BCUT2D eigenvalue weighted by Gasteiger charge is -2.14. The average Bonchev–Trinajstić information content (AvgIpc) is 2.78. The van der Waals surface area contributed by atoms with Crippen LogP contribution >= 0.6 is 0 Å². The highest BCUT2D eigenvalue weighted by Crippen LogP contribution is 2.34. The number of hydrogen-bond donors (Lipinski definition) is 2. The summed E-state index contributed by atoms with van der Waals surface area (Å²) in [5, 5.41) is 0. The lowest BCUT2D eigenvalue weighted by atomic mass is 10.0. The van der Waals surface area contributed by atoms with Crippen LogP contribution < -0.4 is 11.9 Å². The Kier molecular flexibility index (Phi) is 8.60. The maximum Gasteiger partial charge on any atom is 0.430 e. The molecule has 0 spiro atoms. The summed E-state index contributed by atoms with van der Waals surface area (Å²) >= 11 is -2.44. The molecule has 0 aliphatic carbocycles. The molecular weight excluding hydrogens is 496 g/mol. The highest BCUT2D eigenvalue weighted by Gasteiger charge is 2.35. The van der Waals surface area contributed by atoms with Gasteiger partial charge in [0.1, 0.15) is 5.70 Å². The van der Waals surface area contributed by atoms with E-state index in [9.17, 15) is 35.1 Å². The maximum absolute atomic E-state index is 13.5. The molecule has 0 aliphatic rings. The second-order valence-electron chi connectivity index (χ2n) is 6.95. The predicted molar refractivity (Wildman–Crippen MR) is 120 cm³/mol. The van der Waals surface area contributed by atoms with Gasteiger partial charge in [0.25, 0.3) is 0 Å². The summed E-state index contributed by atoms with van der Waals surface area (Å²) in [6.07, 6.45) is -9.45. The summed E-state index contributed by atoms with van der Waals surface area (Å²) in [6.45, 7) is 0. The van der Waals surface area contributed by atoms with Gasteiger partial charge < -0.3 is 16.4 Å². The fraction of sp³-hybridized carbons (Fsp3) is 0.0870. The zero-order valence-corrected chi connectivity index (χ0v) is 18.5. The molecule has 1 unspecified atom stereocenters. The van der Waals surface area contributed by atoms with Gasteiger partial charge in [-0.15, -0.1) is 0 Å². The van der Waals surface area contributed by atoms with Crippen LogP contribution in [0.25, 0.3) is 11.1 Å². The summed E-state index contributed by atoms with van der Waals surface area (Å²) in [5.41, 5.74) is 2.26. The van der Waals surface area contributed by atoms with Gasteiger partial charge in [0.05, 0.1) is 17.0 Å². The fourth-order valence-corrected chi connectivity index (χ4v) is 3.41. The predicted octanol–water partition coefficient (Wildman–Crippen LogP) is 6.30. The van der Waals surface area contributed by atoms with Crippen LogP contribution in [-0.2, 0) is 17.3 Å². The summed E-state index contributed by atoms with van der Waals surface area (Å²) in [6, 6.07) is 15.9. The molecule has 5 nitrogen and oxygen atoms in total. The minimum Gasteiger partial charge on any atom is -0.768 e. The van der Waals surface area contributed by atoms with E-state index < -0.39 is 46.0 Å². The van der Waals surface area contributed by atoms with Gasteiger partial charge in [0.15, 0.2) is 0 Å². The van der Waals surface area contributed by atoms with Crippen LogP contribution in [0.2, 0.25) is 0 Å². The lowest BCUT2D eigenvalue weighted by molar-refractivity contribution is -0.137. The monoisotopic (exact) mass is 514 g/mol. The van der Waals surface area contributed by atoms with Crippen LogP contribution in [-0.4, -0.2) is 20.6 Å². The molecule has 12 heteroatoms. The molecule has 0 saturated heterocycles. The van der Waals surface area contributed by atoms with Crippen LogP contribution in [0, 0.1) is 0 Å². The molecule has 0 radical (unpaired) electrons. The Morgan fingerprint density at radius 3 is 2.09 bits per heavy atom. The van der Waals surface area contributed by atoms with Crippen molar-refractivity contribution in [3.8, 4) is 11.1 Å². The molecule has 35 heavy (non-hydrogen) atoms. The third-order valence-corrected chi connectivity index (χ3v) is 5.24. The topological polar surface area (TPSA) is 114 Å². The largest absolute Gasteiger partial charge is 0.768 e. The first kappa shape index (κ1) is 27.8. The lowest BCUT2D eigenvalue weighted by Crippen LogP contribution is -2.21. The number of allylic oxidation sites excluding steroid dienone is 2. The van der Waals surface area contributed by atoms with Gasteiger partial charge in [-0.1, -0.05) is 42.5 Å². The van der Waals surface area contributed by atoms with E-state index in [1.807, 2.05) is 0 Å². The van der Waals surface area contributed by atoms with Gasteiger partial charge >= 0.3 is 12.4 Å². The molecule has 0 fully saturated rings. The van der Waals surface area contributed by atoms with E-state index in [-0.39, 0.29) is 16.7 Å². The van der Waals surface area contributed by atoms with Gasteiger partial charge in [-0.25, -0.2) is 4.99 Å². The minimum atomic E-state index is -4.97. The second kappa shape index (κ2) is 10.8. The van der Waals surface area contributed by atoms with Gasteiger partial charge in [0.2, 0.25) is 0 Å². The standard InChI is InChI=1S/C23H16F6N2O2S.H3N/c24-22(25,26)19-7-2-1-6-18(19)20(13-21(30)23(27,28)29)31-16-10-8-14(9-11-16)15-4-3-5-17(12-15)34(32)33;/h1-13H,30H2,(H,32,33);1H3/p-1. The second-order valence-corrected chi connectivity index (χ2v) is 7.89. The summed E-state index contributed by atoms with van der Waals surface area (Å²) in [5.74, 6) is 0. The Hall–Kier alpha value is -3.48. The van der Waals surface area contributed by atoms with Crippen molar-refractivity contribution in [2.45, 2.75) is 17.2 Å². The third-order valence-electron chi connectivity index (χ3n) is 4.60. The van der Waals surface area contributed by atoms with E-state index in [0.717, 1.165) is 18.2 Å². The molecule has 0 amide bonds. The van der Waals surface area contributed by atoms with E-state index in [1.54, 1.807) is 6.07 Å². The first-order valence-corrected chi connectivity index (χ1v) is 10.5. The highest BCUT2D eigenvalue weighted by atomic mass is 32.2. The molecule has 3 rings (SSSR count). The van der Waals surface area contributed by atoms with Gasteiger partial charge in [0, 0.05) is 10.5 Å². The molecule has 3 aromatic carbocycles. The van der Waals surface area contributed by atoms with E-state index in [0.29, 0.717) is 17.2 Å². The molecule has 0 saturated carbocycles. The van der Waals surface area contributed by atoms with Gasteiger partial charge in [-0.2, -0.15) is 26.3 Å². The molecule has 3 aromatic rings. The van der Waals surface area contributed by atoms with Crippen molar-refractivity contribution in [1.82, 2.24) is 6.15 Å². The van der Waals surface area contributed by atoms with Crippen molar-refractivity contribution in [2.24, 2.45) is 10.7 Å². The first-order valence-electron chi connectivity index (χ1n) is 9.45. The van der Waals surface area contributed by atoms with E-state index in [4.69, 9.17) is 5.73 Å². The van der Waals surface area contributed by atoms with Gasteiger partial charge in [-0.3, -0.25) is 4.21 Å². The Balaban J connectivity index is 0.00000432. The molecular formula is C23H18F6N3O2S-. The zero-order chi connectivity index (χ0) is 25.1. The number of rotatable bonds is 5. The average molecular weight is 514 g/mol. The van der Waals surface area contributed by atoms with E-state index >= 15 is 0 Å². The van der Waals surface area contributed by atoms with Crippen molar-refractivity contribution in [1.29, 1.82) is 0 Å². The van der Waals surface area contributed by atoms with E-state index in [2.05, 4.69) is 4.99 Å². The van der Waals surface area contributed by atoms with Crippen molar-refractivity contribution >= 4 is 22.5 Å². The number of nitrogens with zero attached hydrogens (tertiary/aromatic N) is 1. The number of halogens is 6. The summed E-state index contributed by atoms with van der Waals surface area (Å²) < 4.78 is 102. The van der Waals surface area contributed by atoms with Crippen LogP contribution in [0.15, 0.2) is 94.5 Å². The zero-order valence-electron chi connectivity index (χ0n) is 17.7. The number of hydrogen-bond acceptors (Lipinski definition) is 5. The quantitative estimate of drug-likeness (QED) is 0.236. The molecule has 5 N–H and O–H groups in total. The first-order chi connectivity index (χ1) is 15.9. The smallest absolute Gasteiger partial charge is 0.430 e. The van der Waals surface area contributed by atoms with Crippen LogP contribution in [0.3, 0.4) is 0 Å². The number of nitrogens with two attached hydrogens (primary N) is 1. The minimum absolute atomic E-state index is 0. The Morgan fingerprint density at radius 2 is 1.51 bits per heavy atom. The maximum atomic E-state index is 13.5. The Labute approximate surface area is 198 Å². The van der Waals surface area contributed by atoms with Crippen LogP contribution in [0.4, 0.5) is 32.0 Å². The normalized spacial score (nSPS) is 13.8. The van der Waals surface area contributed by atoms with Crippen molar-refractivity contribution in [3.63, 3.8) is 0 Å². The number of aliphatic imine (C=N–C) groups is 1. The Morgan fingerprint density at radius 1 is 0.886 bits per heavy atom. The molecule has 186 valence electrons. The molecule has 0 aromatic heterocycles. The SMILES string of the molecule is N.NC(=CC(=Nc1ccc(-c2cccc(S(=O)[O-])c2)cc1)c1ccccc1C(F)(F)F)C(F)(F)F. The van der Waals surface area contributed by atoms with E-state index in [1.165, 1.54) is 48.5 Å². The van der Waals surface area contributed by atoms with Crippen molar-refractivity contribution < 1.29 is 35.1 Å². The number of alkyl halides is 6. The third kappa shape index (κ3) is 7.01. The Bertz CT molecular complexity index is 1270. The highest BCUT2D eigenvalue weighted by molar-refractivity contribution is 7.79. The summed E-state index contributed by atoms with van der Waals surface area (Å²) in [4.78, 5) is 4.05. The van der Waals surface area contributed by atoms with Crippen LogP contribution in [0.5, 0.6) is 0 Å². The molecule has 0 bridgehead atoms. The van der Waals surface area contributed by atoms with Crippen molar-refractivity contribution in [2.75, 3.05) is 0 Å². The summed E-state index contributed by atoms with van der Waals surface area (Å²) in [7, 11) is 0. The molecule has 1 atom stereocenters. The number of benzene rings is 3.